The molecule has 0 atom stereocenters. The molecule has 0 amide bonds. The van der Waals surface area contributed by atoms with Crippen LogP contribution in [-0.2, 0) is 0 Å². The Bertz CT molecular complexity index is 353. The first-order valence-electron chi connectivity index (χ1n) is 4.42. The van der Waals surface area contributed by atoms with Crippen LogP contribution in [0, 0.1) is 11.8 Å². The lowest BCUT2D eigenvalue weighted by molar-refractivity contribution is 1.25. The van der Waals surface area contributed by atoms with Crippen LogP contribution in [0.4, 0.5) is 0 Å². The van der Waals surface area contributed by atoms with Gasteiger partial charge in [0.05, 0.1) is 5.04 Å². The van der Waals surface area contributed by atoms with Gasteiger partial charge in [-0.1, -0.05) is 17.9 Å². The second-order valence-electron chi connectivity index (χ2n) is 2.77. The van der Waals surface area contributed by atoms with Crippen molar-refractivity contribution in [1.29, 1.82) is 0 Å². The monoisotopic (exact) mass is 206 g/mol. The van der Waals surface area contributed by atoms with Crippen LogP contribution in [0.15, 0.2) is 28.4 Å². The predicted octanol–water partition coefficient (Wildman–Crippen LogP) is 1.94. The van der Waals surface area contributed by atoms with E-state index in [1.807, 2.05) is 18.4 Å². The zero-order valence-corrected chi connectivity index (χ0v) is 9.32. The van der Waals surface area contributed by atoms with Gasteiger partial charge in [-0.3, -0.25) is 4.99 Å². The Labute approximate surface area is 89.4 Å². The van der Waals surface area contributed by atoms with Crippen molar-refractivity contribution in [2.45, 2.75) is 12.8 Å². The first-order chi connectivity index (χ1) is 6.79. The molecule has 1 aliphatic rings. The topological polar surface area (TPSA) is 38.4 Å². The number of hydrogen-bond acceptors (Lipinski definition) is 3. The molecule has 0 saturated heterocycles. The molecule has 0 saturated carbocycles. The standard InChI is InChI=1S/C11H14N2S/c1-13-11(14-2)9-7-5-3-4-6-8-10(9)12/h7-8H,5-6,12H2,1-2H3. The highest BCUT2D eigenvalue weighted by Gasteiger charge is 2.07. The number of nitrogens with two attached hydrogens (primary N) is 1. The molecule has 14 heavy (non-hydrogen) atoms. The lowest BCUT2D eigenvalue weighted by atomic mass is 10.1. The van der Waals surface area contributed by atoms with E-state index in [1.165, 1.54) is 0 Å². The summed E-state index contributed by atoms with van der Waals surface area (Å²) in [5, 5.41) is 0.974. The molecular formula is C11H14N2S. The first kappa shape index (κ1) is 10.9. The molecule has 0 fully saturated rings. The van der Waals surface area contributed by atoms with Gasteiger partial charge < -0.3 is 5.73 Å². The van der Waals surface area contributed by atoms with Gasteiger partial charge in [-0.15, -0.1) is 11.8 Å². The largest absolute Gasteiger partial charge is 0.398 e. The Morgan fingerprint density at radius 2 is 2.07 bits per heavy atom. The maximum Gasteiger partial charge on any atom is 0.0988 e. The van der Waals surface area contributed by atoms with Crippen molar-refractivity contribution in [2.75, 3.05) is 13.3 Å². The van der Waals surface area contributed by atoms with E-state index in [0.717, 1.165) is 29.2 Å². The number of hydrogen-bond donors (Lipinski definition) is 1. The van der Waals surface area contributed by atoms with E-state index in [1.54, 1.807) is 18.8 Å². The van der Waals surface area contributed by atoms with Crippen LogP contribution < -0.4 is 5.73 Å². The first-order valence-corrected chi connectivity index (χ1v) is 5.65. The van der Waals surface area contributed by atoms with Crippen LogP contribution in [0.1, 0.15) is 12.8 Å². The van der Waals surface area contributed by atoms with Gasteiger partial charge in [0.25, 0.3) is 0 Å². The lowest BCUT2D eigenvalue weighted by Gasteiger charge is -2.09. The fourth-order valence-corrected chi connectivity index (χ4v) is 1.82. The van der Waals surface area contributed by atoms with Gasteiger partial charge in [-0.05, 0) is 12.3 Å². The van der Waals surface area contributed by atoms with Crippen LogP contribution in [-0.4, -0.2) is 18.3 Å². The van der Waals surface area contributed by atoms with Gasteiger partial charge in [0, 0.05) is 31.2 Å². The van der Waals surface area contributed by atoms with Gasteiger partial charge in [0.1, 0.15) is 0 Å². The van der Waals surface area contributed by atoms with Crippen LogP contribution in [0.2, 0.25) is 0 Å². The van der Waals surface area contributed by atoms with Gasteiger partial charge >= 0.3 is 0 Å². The van der Waals surface area contributed by atoms with Gasteiger partial charge in [-0.2, -0.15) is 0 Å². The van der Waals surface area contributed by atoms with E-state index < -0.39 is 0 Å². The maximum atomic E-state index is 5.93. The van der Waals surface area contributed by atoms with E-state index in [0.29, 0.717) is 0 Å². The Balaban J connectivity index is 3.01. The number of thioether (sulfide) groups is 1. The van der Waals surface area contributed by atoms with E-state index in [4.69, 9.17) is 5.73 Å². The molecule has 3 heteroatoms. The summed E-state index contributed by atoms with van der Waals surface area (Å²) in [7, 11) is 1.78. The lowest BCUT2D eigenvalue weighted by Crippen LogP contribution is -2.09. The van der Waals surface area contributed by atoms with Crippen LogP contribution in [0.25, 0.3) is 0 Å². The fraction of sp³-hybridized carbons (Fsp3) is 0.364. The molecular weight excluding hydrogens is 192 g/mol. The van der Waals surface area contributed by atoms with Crippen molar-refractivity contribution in [2.24, 2.45) is 10.7 Å². The van der Waals surface area contributed by atoms with Gasteiger partial charge in [-0.25, -0.2) is 0 Å². The normalized spacial score (nSPS) is 17.1. The molecule has 0 bridgehead atoms. The quantitative estimate of drug-likeness (QED) is 0.404. The summed E-state index contributed by atoms with van der Waals surface area (Å²) >= 11 is 1.61. The summed E-state index contributed by atoms with van der Waals surface area (Å²) in [5.41, 5.74) is 7.74. The minimum Gasteiger partial charge on any atom is -0.398 e. The van der Waals surface area contributed by atoms with Crippen LogP contribution in [0.5, 0.6) is 0 Å². The second kappa shape index (κ2) is 5.56. The molecule has 1 rings (SSSR count). The van der Waals surface area contributed by atoms with Gasteiger partial charge in [0.2, 0.25) is 0 Å². The molecule has 2 nitrogen and oxygen atoms in total. The van der Waals surface area contributed by atoms with Crippen molar-refractivity contribution < 1.29 is 0 Å². The Morgan fingerprint density at radius 1 is 1.43 bits per heavy atom. The highest BCUT2D eigenvalue weighted by Crippen LogP contribution is 2.16. The van der Waals surface area contributed by atoms with E-state index in [9.17, 15) is 0 Å². The molecule has 0 spiro atoms. The van der Waals surface area contributed by atoms with Gasteiger partial charge in [0.15, 0.2) is 0 Å². The van der Waals surface area contributed by atoms with Crippen LogP contribution in [0.3, 0.4) is 0 Å². The number of allylic oxidation sites excluding steroid dienone is 3. The molecule has 0 unspecified atom stereocenters. The second-order valence-corrected chi connectivity index (χ2v) is 3.57. The minimum atomic E-state index is 0.731. The molecule has 0 aliphatic heterocycles. The summed E-state index contributed by atoms with van der Waals surface area (Å²) in [6.45, 7) is 0. The highest BCUT2D eigenvalue weighted by atomic mass is 32.2. The van der Waals surface area contributed by atoms with E-state index in [2.05, 4.69) is 16.8 Å². The Kier molecular flexibility index (Phi) is 4.34. The summed E-state index contributed by atoms with van der Waals surface area (Å²) in [6, 6.07) is 0. The number of aliphatic imine (C=N–C) groups is 1. The van der Waals surface area contributed by atoms with Crippen LogP contribution >= 0.6 is 11.8 Å². The maximum absolute atomic E-state index is 5.93. The third-order valence-corrected chi connectivity index (χ3v) is 2.68. The zero-order valence-electron chi connectivity index (χ0n) is 8.50. The molecule has 0 aromatic carbocycles. The average molecular weight is 206 g/mol. The third-order valence-electron chi connectivity index (χ3n) is 1.90. The van der Waals surface area contributed by atoms with E-state index in [-0.39, 0.29) is 0 Å². The SMILES string of the molecule is CN=C(SC)C1=CCC#CCC=C1N. The molecule has 0 heterocycles. The smallest absolute Gasteiger partial charge is 0.0988 e. The summed E-state index contributed by atoms with van der Waals surface area (Å²) in [4.78, 5) is 4.20. The zero-order chi connectivity index (χ0) is 10.4. The fourth-order valence-electron chi connectivity index (χ4n) is 1.22. The average Bonchev–Trinajstić information content (AvgIpc) is 2.18. The Hall–Kier alpha value is -1.14. The van der Waals surface area contributed by atoms with E-state index >= 15 is 0 Å². The van der Waals surface area contributed by atoms with Crippen molar-refractivity contribution in [1.82, 2.24) is 0 Å². The third kappa shape index (κ3) is 2.68. The minimum absolute atomic E-state index is 0.731. The van der Waals surface area contributed by atoms with Crippen molar-refractivity contribution >= 4 is 16.8 Å². The molecule has 0 radical (unpaired) electrons. The summed E-state index contributed by atoms with van der Waals surface area (Å²) < 4.78 is 0. The molecule has 0 aromatic rings. The van der Waals surface area contributed by atoms with Crippen molar-refractivity contribution in [3.63, 3.8) is 0 Å². The van der Waals surface area contributed by atoms with Crippen molar-refractivity contribution in [3.05, 3.63) is 23.4 Å². The predicted molar refractivity (Wildman–Crippen MR) is 64.2 cm³/mol. The molecule has 2 N–H and O–H groups in total. The summed E-state index contributed by atoms with van der Waals surface area (Å²) in [6.07, 6.45) is 7.47. The molecule has 74 valence electrons. The molecule has 1 aliphatic carbocycles. The number of nitrogens with zero attached hydrogens (tertiary/aromatic N) is 1. The van der Waals surface area contributed by atoms with Crippen molar-refractivity contribution in [3.8, 4) is 11.8 Å². The Morgan fingerprint density at radius 3 is 2.64 bits per heavy atom. The summed E-state index contributed by atoms with van der Waals surface area (Å²) in [5.74, 6) is 6.07. The molecule has 0 aromatic heterocycles. The highest BCUT2D eigenvalue weighted by molar-refractivity contribution is 8.13. The number of rotatable bonds is 1.